The summed E-state index contributed by atoms with van der Waals surface area (Å²) in [7, 11) is -3.60. The molecule has 32 heavy (non-hydrogen) atoms. The highest BCUT2D eigenvalue weighted by atomic mass is 32.3. The van der Waals surface area contributed by atoms with Crippen LogP contribution < -0.4 is 0 Å². The monoisotopic (exact) mass is 472 g/mol. The summed E-state index contributed by atoms with van der Waals surface area (Å²) in [6.07, 6.45) is 2.34. The molecule has 2 aliphatic rings. The van der Waals surface area contributed by atoms with E-state index in [4.69, 9.17) is 14.6 Å². The summed E-state index contributed by atoms with van der Waals surface area (Å²) < 4.78 is 33.9. The first kappa shape index (κ1) is 21.7. The number of rotatable bonds is 4. The first-order valence-corrected chi connectivity index (χ1v) is 12.0. The summed E-state index contributed by atoms with van der Waals surface area (Å²) in [5, 5.41) is 13.2. The maximum absolute atomic E-state index is 12.4. The standard InChI is InChI=1S/C20H16N4O6S2/c1-3-29-18(26)12-6-4-11(5-7-12)15-9-8-13(30-15)10-14-16(21)24-19(22-17(14)25)31-20(23-24)32(2,27)28/h4-10,21H,3H2,1-2H3/b14-10+,21-16?. The molecule has 0 aliphatic carbocycles. The predicted molar refractivity (Wildman–Crippen MR) is 120 cm³/mol. The molecule has 4 rings (SSSR count). The van der Waals surface area contributed by atoms with E-state index in [1.54, 1.807) is 43.3 Å². The summed E-state index contributed by atoms with van der Waals surface area (Å²) in [4.78, 5) is 28.0. The highest BCUT2D eigenvalue weighted by Gasteiger charge is 2.38. The molecule has 1 amide bonds. The van der Waals surface area contributed by atoms with E-state index in [0.29, 0.717) is 22.6 Å². The third-order valence-electron chi connectivity index (χ3n) is 4.35. The highest BCUT2D eigenvalue weighted by Crippen LogP contribution is 2.31. The van der Waals surface area contributed by atoms with E-state index in [1.807, 2.05) is 0 Å². The van der Waals surface area contributed by atoms with Gasteiger partial charge in [0, 0.05) is 11.8 Å². The number of hydrogen-bond donors (Lipinski definition) is 1. The quantitative estimate of drug-likeness (QED) is 0.529. The molecule has 0 saturated heterocycles. The molecule has 3 heterocycles. The first-order valence-electron chi connectivity index (χ1n) is 9.25. The van der Waals surface area contributed by atoms with E-state index in [9.17, 15) is 18.0 Å². The Balaban J connectivity index is 1.58. The number of aliphatic imine (C=N–C) groups is 1. The number of nitrogens with one attached hydrogen (secondary N) is 1. The normalized spacial score (nSPS) is 17.3. The van der Waals surface area contributed by atoms with Gasteiger partial charge in [0.1, 0.15) is 11.5 Å². The molecule has 10 nitrogen and oxygen atoms in total. The number of ether oxygens (including phenoxy) is 1. The topological polar surface area (TPSA) is 142 Å². The zero-order valence-corrected chi connectivity index (χ0v) is 18.5. The number of hydrogen-bond acceptors (Lipinski definition) is 9. The second-order valence-corrected chi connectivity index (χ2v) is 9.80. The number of nitrogens with zero attached hydrogens (tertiary/aromatic N) is 3. The number of amidine groups is 2. The van der Waals surface area contributed by atoms with Crippen LogP contribution >= 0.6 is 11.8 Å². The third kappa shape index (κ3) is 4.14. The van der Waals surface area contributed by atoms with E-state index in [1.165, 1.54) is 6.08 Å². The molecule has 1 N–H and O–H groups in total. The van der Waals surface area contributed by atoms with Gasteiger partial charge in [0.05, 0.1) is 17.7 Å². The second kappa shape index (κ2) is 8.20. The van der Waals surface area contributed by atoms with Crippen molar-refractivity contribution in [3.05, 3.63) is 53.3 Å². The summed E-state index contributed by atoms with van der Waals surface area (Å²) in [6.45, 7) is 2.01. The lowest BCUT2D eigenvalue weighted by Gasteiger charge is -2.19. The Morgan fingerprint density at radius 1 is 1.25 bits per heavy atom. The van der Waals surface area contributed by atoms with Gasteiger partial charge in [-0.25, -0.2) is 13.2 Å². The smallest absolute Gasteiger partial charge is 0.338 e. The number of thioether (sulfide) groups is 1. The van der Waals surface area contributed by atoms with Crippen molar-refractivity contribution in [2.24, 2.45) is 10.1 Å². The Labute approximate surface area is 187 Å². The summed E-state index contributed by atoms with van der Waals surface area (Å²) in [5.74, 6) is -0.640. The molecule has 1 aromatic carbocycles. The van der Waals surface area contributed by atoms with Crippen molar-refractivity contribution >= 4 is 54.9 Å². The van der Waals surface area contributed by atoms with Gasteiger partial charge < -0.3 is 9.15 Å². The fourth-order valence-electron chi connectivity index (χ4n) is 2.84. The lowest BCUT2D eigenvalue weighted by molar-refractivity contribution is -0.114. The van der Waals surface area contributed by atoms with Crippen molar-refractivity contribution in [2.75, 3.05) is 12.9 Å². The van der Waals surface area contributed by atoms with Gasteiger partial charge in [-0.15, -0.1) is 5.10 Å². The molecule has 2 aromatic rings. The molecule has 0 atom stereocenters. The number of esters is 1. The van der Waals surface area contributed by atoms with Crippen molar-refractivity contribution in [3.63, 3.8) is 0 Å². The van der Waals surface area contributed by atoms with E-state index in [2.05, 4.69) is 10.1 Å². The SMILES string of the molecule is CCOC(=O)c1ccc(-c2ccc(/C=C3\C(=N)N4N=C(S(C)(=O)=O)SC4=NC3=O)o2)cc1. The van der Waals surface area contributed by atoms with Crippen molar-refractivity contribution in [1.82, 2.24) is 5.01 Å². The van der Waals surface area contributed by atoms with Gasteiger partial charge in [-0.1, -0.05) is 12.1 Å². The Morgan fingerprint density at radius 3 is 2.62 bits per heavy atom. The third-order valence-corrected chi connectivity index (χ3v) is 6.92. The van der Waals surface area contributed by atoms with E-state index >= 15 is 0 Å². The van der Waals surface area contributed by atoms with Crippen LogP contribution in [0.4, 0.5) is 0 Å². The van der Waals surface area contributed by atoms with E-state index in [0.717, 1.165) is 23.0 Å². The van der Waals surface area contributed by atoms with Crippen molar-refractivity contribution in [2.45, 2.75) is 6.92 Å². The van der Waals surface area contributed by atoms with Gasteiger partial charge in [0.2, 0.25) is 19.4 Å². The fourth-order valence-corrected chi connectivity index (χ4v) is 4.52. The van der Waals surface area contributed by atoms with Crippen LogP contribution in [-0.4, -0.2) is 53.5 Å². The van der Waals surface area contributed by atoms with Crippen molar-refractivity contribution < 1.29 is 27.2 Å². The minimum Gasteiger partial charge on any atom is -0.462 e. The zero-order chi connectivity index (χ0) is 23.0. The number of sulfone groups is 1. The maximum Gasteiger partial charge on any atom is 0.338 e. The molecule has 12 heteroatoms. The minimum absolute atomic E-state index is 0.0133. The van der Waals surface area contributed by atoms with Crippen LogP contribution in [0.3, 0.4) is 0 Å². The van der Waals surface area contributed by atoms with Gasteiger partial charge in [-0.3, -0.25) is 10.2 Å². The Morgan fingerprint density at radius 2 is 1.97 bits per heavy atom. The van der Waals surface area contributed by atoms with Crippen LogP contribution in [0.25, 0.3) is 17.4 Å². The minimum atomic E-state index is -3.60. The zero-order valence-electron chi connectivity index (χ0n) is 16.9. The summed E-state index contributed by atoms with van der Waals surface area (Å²) in [6, 6.07) is 9.94. The average molecular weight is 473 g/mol. The molecule has 0 fully saturated rings. The average Bonchev–Trinajstić information content (AvgIpc) is 3.38. The fraction of sp³-hybridized carbons (Fsp3) is 0.150. The Kier molecular flexibility index (Phi) is 5.57. The molecule has 0 spiro atoms. The molecule has 0 unspecified atom stereocenters. The van der Waals surface area contributed by atoms with Crippen LogP contribution in [0.1, 0.15) is 23.0 Å². The van der Waals surface area contributed by atoms with Gasteiger partial charge in [-0.2, -0.15) is 10.0 Å². The van der Waals surface area contributed by atoms with E-state index in [-0.39, 0.29) is 27.6 Å². The molecule has 164 valence electrons. The van der Waals surface area contributed by atoms with Crippen LogP contribution in [0.5, 0.6) is 0 Å². The number of carbonyl (C=O) groups excluding carboxylic acids is 2. The number of carbonyl (C=O) groups is 2. The van der Waals surface area contributed by atoms with Crippen LogP contribution in [0, 0.1) is 5.41 Å². The molecule has 2 aliphatic heterocycles. The number of furan rings is 1. The number of amides is 1. The maximum atomic E-state index is 12.4. The highest BCUT2D eigenvalue weighted by molar-refractivity contribution is 8.42. The second-order valence-electron chi connectivity index (χ2n) is 6.66. The van der Waals surface area contributed by atoms with Gasteiger partial charge in [0.25, 0.3) is 5.91 Å². The summed E-state index contributed by atoms with van der Waals surface area (Å²) >= 11 is 0.718. The molecule has 0 saturated carbocycles. The molecular weight excluding hydrogens is 456 g/mol. The summed E-state index contributed by atoms with van der Waals surface area (Å²) in [5.41, 5.74) is 1.02. The van der Waals surface area contributed by atoms with Gasteiger partial charge in [-0.05, 0) is 49.0 Å². The van der Waals surface area contributed by atoms with Crippen LogP contribution in [-0.2, 0) is 19.4 Å². The molecular formula is C20H16N4O6S2. The first-order chi connectivity index (χ1) is 15.2. The molecule has 1 aromatic heterocycles. The van der Waals surface area contributed by atoms with Crippen molar-refractivity contribution in [3.8, 4) is 11.3 Å². The predicted octanol–water partition coefficient (Wildman–Crippen LogP) is 2.74. The molecule has 0 radical (unpaired) electrons. The Bertz CT molecular complexity index is 1340. The van der Waals surface area contributed by atoms with Crippen molar-refractivity contribution in [1.29, 1.82) is 5.41 Å². The largest absolute Gasteiger partial charge is 0.462 e. The van der Waals surface area contributed by atoms with Gasteiger partial charge in [0.15, 0.2) is 5.84 Å². The van der Waals surface area contributed by atoms with Crippen LogP contribution in [0.2, 0.25) is 0 Å². The number of fused-ring (bicyclic) bond motifs is 1. The number of benzene rings is 1. The molecule has 0 bridgehead atoms. The lowest BCUT2D eigenvalue weighted by atomic mass is 10.1. The Hall–Kier alpha value is -3.51. The van der Waals surface area contributed by atoms with E-state index < -0.39 is 21.7 Å². The van der Waals surface area contributed by atoms with Gasteiger partial charge >= 0.3 is 5.97 Å². The lowest BCUT2D eigenvalue weighted by Crippen LogP contribution is -2.35. The van der Waals surface area contributed by atoms with Crippen LogP contribution in [0.15, 0.2) is 56.5 Å². The number of hydrazone groups is 1.